The molecule has 0 fully saturated rings. The van der Waals surface area contributed by atoms with E-state index in [1.165, 1.54) is 12.1 Å². The molecule has 0 saturated carbocycles. The molecule has 0 spiro atoms. The summed E-state index contributed by atoms with van der Waals surface area (Å²) in [6.07, 6.45) is 4.46. The zero-order chi connectivity index (χ0) is 31.5. The minimum Gasteiger partial charge on any atom is -0.494 e. The molecule has 0 radical (unpaired) electrons. The molecule has 1 amide bonds. The van der Waals surface area contributed by atoms with Gasteiger partial charge >= 0.3 is 0 Å². The van der Waals surface area contributed by atoms with Crippen molar-refractivity contribution in [3.05, 3.63) is 142 Å². The van der Waals surface area contributed by atoms with Gasteiger partial charge in [-0.25, -0.2) is 14.8 Å². The molecule has 9 heteroatoms. The average molecular weight is 673 g/mol. The number of aliphatic hydroxyl groups is 1. The monoisotopic (exact) mass is 671 g/mol. The summed E-state index contributed by atoms with van der Waals surface area (Å²) in [7, 11) is 0. The first kappa shape index (κ1) is 32.1. The molecule has 0 bridgehead atoms. The first-order chi connectivity index (χ1) is 22.0. The van der Waals surface area contributed by atoms with Gasteiger partial charge in [-0.2, -0.15) is 0 Å². The van der Waals surface area contributed by atoms with Crippen LogP contribution in [0.2, 0.25) is 0 Å². The number of hydrazine groups is 1. The van der Waals surface area contributed by atoms with Crippen molar-refractivity contribution in [2.45, 2.75) is 30.9 Å². The number of nitrogens with zero attached hydrogens (tertiary/aromatic N) is 1. The lowest BCUT2D eigenvalue weighted by Crippen LogP contribution is -2.52. The minimum atomic E-state index is -1.37. The Morgan fingerprint density at radius 3 is 2.56 bits per heavy atom. The molecule has 5 rings (SSSR count). The molecule has 1 heterocycles. The third-order valence-corrected chi connectivity index (χ3v) is 8.11. The standard InChI is InChI=1S/C36H35BrFN3O4/c37-32-15-5-4-14-31(32)33-36(21-7-12-26-9-2-1-3-10-26,35(43)41-39-22-20-27-11-6-13-29(38)25-27)40-34(45-33)28-16-18-30(19-17-28)44-24-8-23-42/h1-7,9-19,25,33,39,42H,8,20-24H2,(H,41,43)/b12-7+/t33-,36-/m0/s1. The highest BCUT2D eigenvalue weighted by atomic mass is 79.9. The molecule has 0 unspecified atom stereocenters. The zero-order valence-electron chi connectivity index (χ0n) is 24.7. The second-order valence-electron chi connectivity index (χ2n) is 10.6. The van der Waals surface area contributed by atoms with Crippen LogP contribution >= 0.6 is 15.9 Å². The zero-order valence-corrected chi connectivity index (χ0v) is 26.3. The summed E-state index contributed by atoms with van der Waals surface area (Å²) < 4.78 is 26.7. The minimum absolute atomic E-state index is 0.0572. The van der Waals surface area contributed by atoms with Crippen LogP contribution in [-0.4, -0.2) is 42.2 Å². The lowest BCUT2D eigenvalue weighted by molar-refractivity contribution is -0.129. The number of ether oxygens (including phenoxy) is 2. The van der Waals surface area contributed by atoms with Crippen LogP contribution in [0, 0.1) is 5.82 Å². The maximum absolute atomic E-state index is 14.2. The lowest BCUT2D eigenvalue weighted by Gasteiger charge is -2.30. The van der Waals surface area contributed by atoms with Crippen LogP contribution in [0.1, 0.15) is 41.2 Å². The van der Waals surface area contributed by atoms with E-state index in [0.29, 0.717) is 43.2 Å². The summed E-state index contributed by atoms with van der Waals surface area (Å²) in [5, 5.41) is 9.05. The van der Waals surface area contributed by atoms with Crippen LogP contribution in [-0.2, 0) is 16.0 Å². The fraction of sp³-hybridized carbons (Fsp3) is 0.222. The largest absolute Gasteiger partial charge is 0.494 e. The molecule has 0 aromatic heterocycles. The van der Waals surface area contributed by atoms with Crippen molar-refractivity contribution < 1.29 is 23.8 Å². The van der Waals surface area contributed by atoms with E-state index >= 15 is 0 Å². The number of benzene rings is 4. The second kappa shape index (κ2) is 15.6. The molecule has 232 valence electrons. The highest BCUT2D eigenvalue weighted by Gasteiger charge is 2.53. The Bertz CT molecular complexity index is 1630. The van der Waals surface area contributed by atoms with Gasteiger partial charge in [0.15, 0.2) is 11.6 Å². The number of rotatable bonds is 14. The predicted molar refractivity (Wildman–Crippen MR) is 177 cm³/mol. The number of hydrogen-bond donors (Lipinski definition) is 3. The van der Waals surface area contributed by atoms with Gasteiger partial charge in [0.1, 0.15) is 11.6 Å². The molecule has 4 aromatic carbocycles. The summed E-state index contributed by atoms with van der Waals surface area (Å²) in [4.78, 5) is 19.3. The highest BCUT2D eigenvalue weighted by molar-refractivity contribution is 9.10. The van der Waals surface area contributed by atoms with Gasteiger partial charge in [0.25, 0.3) is 5.91 Å². The van der Waals surface area contributed by atoms with Crippen molar-refractivity contribution in [2.75, 3.05) is 19.8 Å². The van der Waals surface area contributed by atoms with Gasteiger partial charge in [0.2, 0.25) is 5.90 Å². The summed E-state index contributed by atoms with van der Waals surface area (Å²) >= 11 is 3.66. The third kappa shape index (κ3) is 8.25. The third-order valence-electron chi connectivity index (χ3n) is 7.39. The van der Waals surface area contributed by atoms with Crippen LogP contribution in [0.25, 0.3) is 6.08 Å². The Morgan fingerprint density at radius 2 is 1.80 bits per heavy atom. The number of amides is 1. The van der Waals surface area contributed by atoms with Crippen LogP contribution in [0.3, 0.4) is 0 Å². The van der Waals surface area contributed by atoms with E-state index in [1.54, 1.807) is 6.07 Å². The maximum atomic E-state index is 14.2. The summed E-state index contributed by atoms with van der Waals surface area (Å²) in [6, 6.07) is 31.2. The quantitative estimate of drug-likeness (QED) is 0.104. The number of carbonyl (C=O) groups excluding carboxylic acids is 1. The molecule has 45 heavy (non-hydrogen) atoms. The SMILES string of the molecule is O=C(NNCCc1cccc(F)c1)[C@@]1(C/C=C/c2ccccc2)N=C(c2ccc(OCCCO)cc2)O[C@H]1c1ccccc1Br. The van der Waals surface area contributed by atoms with Gasteiger partial charge in [0.05, 0.1) is 6.61 Å². The van der Waals surface area contributed by atoms with Crippen molar-refractivity contribution in [3.63, 3.8) is 0 Å². The predicted octanol–water partition coefficient (Wildman–Crippen LogP) is 6.57. The Labute approximate surface area is 270 Å². The van der Waals surface area contributed by atoms with Crippen molar-refractivity contribution in [3.8, 4) is 5.75 Å². The number of carbonyl (C=O) groups is 1. The molecule has 2 atom stereocenters. The fourth-order valence-electron chi connectivity index (χ4n) is 5.07. The van der Waals surface area contributed by atoms with Crippen LogP contribution in [0.5, 0.6) is 5.75 Å². The smallest absolute Gasteiger partial charge is 0.266 e. The van der Waals surface area contributed by atoms with Gasteiger partial charge in [-0.1, -0.05) is 88.7 Å². The maximum Gasteiger partial charge on any atom is 0.266 e. The van der Waals surface area contributed by atoms with E-state index in [9.17, 15) is 9.18 Å². The Hall–Kier alpha value is -4.31. The van der Waals surface area contributed by atoms with E-state index in [1.807, 2.05) is 97.1 Å². The number of hydrogen-bond acceptors (Lipinski definition) is 6. The topological polar surface area (TPSA) is 92.2 Å². The van der Waals surface area contributed by atoms with Gasteiger partial charge in [-0.3, -0.25) is 10.2 Å². The molecule has 1 aliphatic rings. The van der Waals surface area contributed by atoms with E-state index < -0.39 is 11.6 Å². The van der Waals surface area contributed by atoms with Crippen molar-refractivity contribution in [2.24, 2.45) is 4.99 Å². The van der Waals surface area contributed by atoms with Crippen molar-refractivity contribution in [1.82, 2.24) is 10.9 Å². The fourth-order valence-corrected chi connectivity index (χ4v) is 5.56. The van der Waals surface area contributed by atoms with Gasteiger partial charge < -0.3 is 14.6 Å². The van der Waals surface area contributed by atoms with E-state index in [2.05, 4.69) is 26.8 Å². The van der Waals surface area contributed by atoms with Crippen LogP contribution in [0.15, 0.2) is 119 Å². The first-order valence-corrected chi connectivity index (χ1v) is 15.6. The molecule has 0 aliphatic carbocycles. The Kier molecular flexibility index (Phi) is 11.1. The number of aliphatic imine (C=N–C) groups is 1. The molecule has 7 nitrogen and oxygen atoms in total. The van der Waals surface area contributed by atoms with Crippen LogP contribution in [0.4, 0.5) is 4.39 Å². The summed E-state index contributed by atoms with van der Waals surface area (Å²) in [5.41, 5.74) is 7.81. The van der Waals surface area contributed by atoms with Gasteiger partial charge in [-0.15, -0.1) is 0 Å². The molecule has 4 aromatic rings. The van der Waals surface area contributed by atoms with Gasteiger partial charge in [-0.05, 0) is 60.0 Å². The number of halogens is 2. The normalized spacial score (nSPS) is 17.6. The molecule has 3 N–H and O–H groups in total. The van der Waals surface area contributed by atoms with Crippen LogP contribution < -0.4 is 15.6 Å². The van der Waals surface area contributed by atoms with Gasteiger partial charge in [0, 0.05) is 41.6 Å². The highest BCUT2D eigenvalue weighted by Crippen LogP contribution is 2.45. The molecule has 1 aliphatic heterocycles. The number of nitrogens with one attached hydrogen (secondary N) is 2. The van der Waals surface area contributed by atoms with Crippen molar-refractivity contribution in [1.29, 1.82) is 0 Å². The van der Waals surface area contributed by atoms with E-state index in [0.717, 1.165) is 21.2 Å². The summed E-state index contributed by atoms with van der Waals surface area (Å²) in [6.45, 7) is 0.850. The molecular formula is C36H35BrFN3O4. The van der Waals surface area contributed by atoms with E-state index in [4.69, 9.17) is 19.6 Å². The summed E-state index contributed by atoms with van der Waals surface area (Å²) in [5.74, 6) is 0.331. The Balaban J connectivity index is 1.46. The second-order valence-corrected chi connectivity index (χ2v) is 11.4. The molecule has 0 saturated heterocycles. The first-order valence-electron chi connectivity index (χ1n) is 14.8. The molecular weight excluding hydrogens is 637 g/mol. The van der Waals surface area contributed by atoms with Crippen molar-refractivity contribution >= 4 is 33.8 Å². The average Bonchev–Trinajstić information content (AvgIpc) is 3.44. The number of aliphatic hydroxyl groups excluding tert-OH is 1. The van der Waals surface area contributed by atoms with E-state index in [-0.39, 0.29) is 24.8 Å². The lowest BCUT2D eigenvalue weighted by atomic mass is 9.84. The Morgan fingerprint density at radius 1 is 1.02 bits per heavy atom.